The van der Waals surface area contributed by atoms with Gasteiger partial charge in [0.1, 0.15) is 10.9 Å². The Balaban J connectivity index is 1.75. The maximum absolute atomic E-state index is 12.6. The largest absolute Gasteiger partial charge is 0.493 e. The Bertz CT molecular complexity index is 1110. The average molecular weight is 472 g/mol. The summed E-state index contributed by atoms with van der Waals surface area (Å²) < 4.78 is 11.9. The molecule has 0 saturated carbocycles. The van der Waals surface area contributed by atoms with Crippen LogP contribution in [-0.2, 0) is 16.2 Å². The number of hydrogen-bond acceptors (Lipinski definition) is 6. The molecule has 1 N–H and O–H groups in total. The molecule has 1 heterocycles. The van der Waals surface area contributed by atoms with E-state index in [0.29, 0.717) is 27.3 Å². The van der Waals surface area contributed by atoms with Crippen molar-refractivity contribution in [1.82, 2.24) is 4.90 Å². The van der Waals surface area contributed by atoms with Gasteiger partial charge in [-0.25, -0.2) is 0 Å². The van der Waals surface area contributed by atoms with Crippen LogP contribution in [0.2, 0.25) is 0 Å². The molecule has 0 spiro atoms. The zero-order valence-electron chi connectivity index (χ0n) is 18.4. The van der Waals surface area contributed by atoms with Crippen molar-refractivity contribution in [1.29, 1.82) is 0 Å². The summed E-state index contributed by atoms with van der Waals surface area (Å²) in [6.45, 7) is 6.72. The van der Waals surface area contributed by atoms with Gasteiger partial charge in [-0.15, -0.1) is 0 Å². The third-order valence-electron chi connectivity index (χ3n) is 5.24. The Morgan fingerprint density at radius 3 is 2.53 bits per heavy atom. The number of carboxylic acid groups (broad SMARTS) is 1. The van der Waals surface area contributed by atoms with Gasteiger partial charge in [0.15, 0.2) is 11.5 Å². The number of hydrogen-bond donors (Lipinski definition) is 1. The first-order valence-corrected chi connectivity index (χ1v) is 11.3. The summed E-state index contributed by atoms with van der Waals surface area (Å²) in [4.78, 5) is 25.2. The van der Waals surface area contributed by atoms with Crippen LogP contribution in [0.25, 0.3) is 6.08 Å². The summed E-state index contributed by atoms with van der Waals surface area (Å²) in [5.74, 6) is -0.0945. The van der Waals surface area contributed by atoms with Gasteiger partial charge >= 0.3 is 5.97 Å². The van der Waals surface area contributed by atoms with Gasteiger partial charge in [-0.2, -0.15) is 0 Å². The molecule has 1 fully saturated rings. The molecule has 0 atom stereocenters. The molecule has 2 aromatic rings. The third-order valence-corrected chi connectivity index (χ3v) is 6.62. The van der Waals surface area contributed by atoms with Crippen molar-refractivity contribution in [2.75, 3.05) is 13.7 Å². The van der Waals surface area contributed by atoms with Crippen molar-refractivity contribution in [3.63, 3.8) is 0 Å². The van der Waals surface area contributed by atoms with Crippen molar-refractivity contribution in [2.24, 2.45) is 0 Å². The molecule has 1 saturated heterocycles. The molecule has 0 aromatic heterocycles. The quantitative estimate of drug-likeness (QED) is 0.435. The zero-order chi connectivity index (χ0) is 23.4. The van der Waals surface area contributed by atoms with Gasteiger partial charge in [-0.3, -0.25) is 14.5 Å². The Hall–Kier alpha value is -2.84. The molecule has 1 amide bonds. The van der Waals surface area contributed by atoms with E-state index in [1.807, 2.05) is 12.1 Å². The third kappa shape index (κ3) is 5.49. The van der Waals surface area contributed by atoms with Crippen molar-refractivity contribution >= 4 is 46.3 Å². The maximum atomic E-state index is 12.6. The lowest BCUT2D eigenvalue weighted by Gasteiger charge is -2.14. The summed E-state index contributed by atoms with van der Waals surface area (Å²) in [7, 11) is 1.57. The van der Waals surface area contributed by atoms with E-state index in [4.69, 9.17) is 26.8 Å². The first-order chi connectivity index (χ1) is 15.2. The molecular weight excluding hydrogens is 446 g/mol. The Labute approximate surface area is 197 Å². The van der Waals surface area contributed by atoms with E-state index < -0.39 is 5.97 Å². The van der Waals surface area contributed by atoms with Crippen LogP contribution >= 0.6 is 24.0 Å². The number of rotatable bonds is 8. The number of carbonyl (C=O) groups is 2. The predicted octanol–water partition coefficient (Wildman–Crippen LogP) is 4.88. The van der Waals surface area contributed by atoms with E-state index >= 15 is 0 Å². The number of carbonyl (C=O) groups excluding carboxylic acids is 1. The molecule has 8 heteroatoms. The predicted molar refractivity (Wildman–Crippen MR) is 130 cm³/mol. The molecular formula is C24H25NO5S2. The number of methoxy groups -OCH3 is 1. The second kappa shape index (κ2) is 10.2. The van der Waals surface area contributed by atoms with Crippen molar-refractivity contribution in [3.8, 4) is 11.5 Å². The lowest BCUT2D eigenvalue weighted by molar-refractivity contribution is -0.137. The topological polar surface area (TPSA) is 76.1 Å². The van der Waals surface area contributed by atoms with Gasteiger partial charge in [0, 0.05) is 6.54 Å². The van der Waals surface area contributed by atoms with Gasteiger partial charge < -0.3 is 14.6 Å². The minimum atomic E-state index is -0.973. The van der Waals surface area contributed by atoms with Crippen molar-refractivity contribution in [3.05, 3.63) is 63.1 Å². The van der Waals surface area contributed by atoms with Gasteiger partial charge in [0.05, 0.1) is 18.4 Å². The van der Waals surface area contributed by atoms with Crippen LogP contribution in [0.1, 0.15) is 34.2 Å². The number of ether oxygens (including phenoxy) is 2. The van der Waals surface area contributed by atoms with E-state index in [9.17, 15) is 9.59 Å². The highest BCUT2D eigenvalue weighted by Gasteiger charge is 2.32. The van der Waals surface area contributed by atoms with Crippen molar-refractivity contribution < 1.29 is 24.2 Å². The first-order valence-electron chi connectivity index (χ1n) is 10.0. The number of benzene rings is 2. The monoisotopic (exact) mass is 471 g/mol. The second-order valence-corrected chi connectivity index (χ2v) is 9.21. The molecule has 6 nitrogen and oxygen atoms in total. The van der Waals surface area contributed by atoms with Crippen LogP contribution in [-0.4, -0.2) is 39.9 Å². The Kier molecular flexibility index (Phi) is 7.58. The highest BCUT2D eigenvalue weighted by atomic mass is 32.2. The summed E-state index contributed by atoms with van der Waals surface area (Å²) in [5.41, 5.74) is 5.52. The summed E-state index contributed by atoms with van der Waals surface area (Å²) in [5, 5.41) is 8.86. The van der Waals surface area contributed by atoms with Crippen LogP contribution in [0.5, 0.6) is 11.5 Å². The van der Waals surface area contributed by atoms with Gasteiger partial charge in [0.2, 0.25) is 0 Å². The number of aliphatic carboxylic acids is 1. The standard InChI is InChI=1S/C24H25NO5S2/c1-14-9-16(3)18(10-15(14)2)13-30-19-6-5-17(11-20(19)29-4)12-21-23(28)25(24(31)32-21)8-7-22(26)27/h5-6,9-12H,7-8,13H2,1-4H3,(H,26,27)/b21-12+. The number of nitrogens with zero attached hydrogens (tertiary/aromatic N) is 1. The molecule has 0 radical (unpaired) electrons. The smallest absolute Gasteiger partial charge is 0.305 e. The molecule has 168 valence electrons. The Morgan fingerprint density at radius 2 is 1.84 bits per heavy atom. The van der Waals surface area contributed by atoms with E-state index in [1.165, 1.54) is 21.6 Å². The normalized spacial score (nSPS) is 14.9. The molecule has 1 aliphatic heterocycles. The summed E-state index contributed by atoms with van der Waals surface area (Å²) in [6.07, 6.45) is 1.57. The van der Waals surface area contributed by atoms with Gasteiger partial charge in [-0.05, 0) is 66.8 Å². The van der Waals surface area contributed by atoms with Crippen LogP contribution in [0, 0.1) is 20.8 Å². The Morgan fingerprint density at radius 1 is 1.12 bits per heavy atom. The number of thioether (sulfide) groups is 1. The van der Waals surface area contributed by atoms with Crippen LogP contribution in [0.3, 0.4) is 0 Å². The molecule has 3 rings (SSSR count). The minimum absolute atomic E-state index is 0.0609. The molecule has 0 aliphatic carbocycles. The number of aryl methyl sites for hydroxylation is 3. The second-order valence-electron chi connectivity index (χ2n) is 7.54. The fourth-order valence-electron chi connectivity index (χ4n) is 3.28. The van der Waals surface area contributed by atoms with Crippen LogP contribution in [0.15, 0.2) is 35.2 Å². The molecule has 32 heavy (non-hydrogen) atoms. The van der Waals surface area contributed by atoms with E-state index in [1.54, 1.807) is 19.3 Å². The fourth-order valence-corrected chi connectivity index (χ4v) is 4.58. The zero-order valence-corrected chi connectivity index (χ0v) is 20.1. The van der Waals surface area contributed by atoms with Crippen LogP contribution < -0.4 is 9.47 Å². The summed E-state index contributed by atoms with van der Waals surface area (Å²) >= 11 is 6.39. The lowest BCUT2D eigenvalue weighted by atomic mass is 10.0. The highest BCUT2D eigenvalue weighted by molar-refractivity contribution is 8.26. The van der Waals surface area contributed by atoms with E-state index in [0.717, 1.165) is 22.9 Å². The van der Waals surface area contributed by atoms with Crippen molar-refractivity contribution in [2.45, 2.75) is 33.8 Å². The van der Waals surface area contributed by atoms with Gasteiger partial charge in [-0.1, -0.05) is 42.2 Å². The SMILES string of the molecule is COc1cc(/C=C2/SC(=S)N(CCC(=O)O)C2=O)ccc1OCc1cc(C)c(C)cc1C. The average Bonchev–Trinajstić information content (AvgIpc) is 3.01. The number of thiocarbonyl (C=S) groups is 1. The maximum Gasteiger partial charge on any atom is 0.305 e. The van der Waals surface area contributed by atoms with E-state index in [-0.39, 0.29) is 18.9 Å². The fraction of sp³-hybridized carbons (Fsp3) is 0.292. The minimum Gasteiger partial charge on any atom is -0.493 e. The molecule has 2 aromatic carbocycles. The number of carboxylic acids is 1. The highest BCUT2D eigenvalue weighted by Crippen LogP contribution is 2.35. The van der Waals surface area contributed by atoms with E-state index in [2.05, 4.69) is 32.9 Å². The summed E-state index contributed by atoms with van der Waals surface area (Å²) in [6, 6.07) is 9.74. The molecule has 0 bridgehead atoms. The van der Waals surface area contributed by atoms with Gasteiger partial charge in [0.25, 0.3) is 5.91 Å². The van der Waals surface area contributed by atoms with Crippen LogP contribution in [0.4, 0.5) is 0 Å². The molecule has 0 unspecified atom stereocenters. The number of amides is 1. The lowest BCUT2D eigenvalue weighted by Crippen LogP contribution is -2.30. The first kappa shape index (κ1) is 23.8. The molecule has 1 aliphatic rings.